The molecule has 0 saturated heterocycles. The summed E-state index contributed by atoms with van der Waals surface area (Å²) in [6.45, 7) is 2.08. The normalized spacial score (nSPS) is 10.5. The molecule has 0 spiro atoms. The molecular weight excluding hydrogens is 397 g/mol. The first-order valence-corrected chi connectivity index (χ1v) is 7.96. The maximum Gasteiger partial charge on any atom is 0.258 e. The number of hydrogen-bond acceptors (Lipinski definition) is 4. The van der Waals surface area contributed by atoms with Crippen molar-refractivity contribution < 1.29 is 4.79 Å². The molecular formula is C12H11ClIN3OS. The van der Waals surface area contributed by atoms with Gasteiger partial charge in [0, 0.05) is 15.0 Å². The number of aryl methyl sites for hydroxylation is 1. The van der Waals surface area contributed by atoms with E-state index < -0.39 is 0 Å². The van der Waals surface area contributed by atoms with Crippen molar-refractivity contribution in [2.75, 3.05) is 5.32 Å². The van der Waals surface area contributed by atoms with E-state index in [2.05, 4.69) is 45.0 Å². The molecule has 0 saturated carbocycles. The van der Waals surface area contributed by atoms with Crippen molar-refractivity contribution in [1.82, 2.24) is 10.2 Å². The molecule has 0 radical (unpaired) electrons. The molecule has 1 N–H and O–H groups in total. The summed E-state index contributed by atoms with van der Waals surface area (Å²) in [5.74, 6) is -0.217. The largest absolute Gasteiger partial charge is 0.296 e. The van der Waals surface area contributed by atoms with Crippen LogP contribution in [0.25, 0.3) is 0 Å². The zero-order valence-electron chi connectivity index (χ0n) is 10.1. The van der Waals surface area contributed by atoms with E-state index in [0.717, 1.165) is 21.4 Å². The van der Waals surface area contributed by atoms with E-state index in [4.69, 9.17) is 11.6 Å². The van der Waals surface area contributed by atoms with Crippen LogP contribution in [0.3, 0.4) is 0 Å². The molecule has 0 atom stereocenters. The molecule has 1 aromatic heterocycles. The summed E-state index contributed by atoms with van der Waals surface area (Å²) >= 11 is 9.40. The Labute approximate surface area is 133 Å². The predicted molar refractivity (Wildman–Crippen MR) is 86.0 cm³/mol. The van der Waals surface area contributed by atoms with Crippen LogP contribution in [0.2, 0.25) is 5.02 Å². The van der Waals surface area contributed by atoms with Crippen molar-refractivity contribution in [2.24, 2.45) is 0 Å². The standard InChI is InChI=1S/C12H11ClIN3OS/c1-2-3-10-16-17-12(19-10)15-11(18)8-6-7(13)4-5-9(8)14/h4-6H,2-3H2,1H3,(H,15,17,18). The number of halogens is 2. The van der Waals surface area contributed by atoms with Gasteiger partial charge >= 0.3 is 0 Å². The van der Waals surface area contributed by atoms with Gasteiger partial charge in [-0.1, -0.05) is 29.9 Å². The SMILES string of the molecule is CCCc1nnc(NC(=O)c2cc(Cl)ccc2I)s1. The monoisotopic (exact) mass is 407 g/mol. The van der Waals surface area contributed by atoms with Crippen LogP contribution in [-0.2, 0) is 6.42 Å². The summed E-state index contributed by atoms with van der Waals surface area (Å²) in [5, 5.41) is 12.7. The van der Waals surface area contributed by atoms with Gasteiger partial charge in [-0.2, -0.15) is 0 Å². The van der Waals surface area contributed by atoms with Crippen molar-refractivity contribution in [1.29, 1.82) is 0 Å². The minimum atomic E-state index is -0.217. The molecule has 1 heterocycles. The first-order chi connectivity index (χ1) is 9.10. The zero-order chi connectivity index (χ0) is 13.8. The second-order valence-electron chi connectivity index (χ2n) is 3.83. The maximum absolute atomic E-state index is 12.1. The molecule has 0 aliphatic heterocycles. The Morgan fingerprint density at radius 3 is 3.00 bits per heavy atom. The molecule has 7 heteroatoms. The van der Waals surface area contributed by atoms with E-state index in [1.54, 1.807) is 18.2 Å². The highest BCUT2D eigenvalue weighted by Gasteiger charge is 2.13. The fourth-order valence-electron chi connectivity index (χ4n) is 1.45. The lowest BCUT2D eigenvalue weighted by Crippen LogP contribution is -2.13. The van der Waals surface area contributed by atoms with Gasteiger partial charge in [-0.3, -0.25) is 10.1 Å². The van der Waals surface area contributed by atoms with Crippen LogP contribution in [0.4, 0.5) is 5.13 Å². The molecule has 0 unspecified atom stereocenters. The first-order valence-electron chi connectivity index (χ1n) is 5.69. The van der Waals surface area contributed by atoms with Gasteiger partial charge in [0.1, 0.15) is 5.01 Å². The molecule has 0 aliphatic carbocycles. The number of nitrogens with one attached hydrogen (secondary N) is 1. The summed E-state index contributed by atoms with van der Waals surface area (Å²) in [5.41, 5.74) is 0.542. The maximum atomic E-state index is 12.1. The van der Waals surface area contributed by atoms with E-state index in [1.165, 1.54) is 11.3 Å². The predicted octanol–water partition coefficient (Wildman–Crippen LogP) is 4.00. The lowest BCUT2D eigenvalue weighted by molar-refractivity contribution is 0.102. The Morgan fingerprint density at radius 2 is 2.26 bits per heavy atom. The molecule has 2 rings (SSSR count). The Morgan fingerprint density at radius 1 is 1.47 bits per heavy atom. The topological polar surface area (TPSA) is 54.9 Å². The highest BCUT2D eigenvalue weighted by atomic mass is 127. The van der Waals surface area contributed by atoms with Crippen molar-refractivity contribution in [3.05, 3.63) is 37.4 Å². The lowest BCUT2D eigenvalue weighted by Gasteiger charge is -2.04. The van der Waals surface area contributed by atoms with Crippen LogP contribution in [0.1, 0.15) is 28.7 Å². The average molecular weight is 408 g/mol. The van der Waals surface area contributed by atoms with Gasteiger partial charge in [-0.05, 0) is 47.2 Å². The molecule has 100 valence electrons. The van der Waals surface area contributed by atoms with Crippen LogP contribution < -0.4 is 5.32 Å². The fraction of sp³-hybridized carbons (Fsp3) is 0.250. The van der Waals surface area contributed by atoms with Gasteiger partial charge in [-0.25, -0.2) is 0 Å². The van der Waals surface area contributed by atoms with Crippen LogP contribution >= 0.6 is 45.5 Å². The molecule has 0 aliphatic rings. The number of amides is 1. The highest BCUT2D eigenvalue weighted by molar-refractivity contribution is 14.1. The number of anilines is 1. The number of rotatable bonds is 4. The molecule has 19 heavy (non-hydrogen) atoms. The molecule has 0 bridgehead atoms. The summed E-state index contributed by atoms with van der Waals surface area (Å²) in [6, 6.07) is 5.21. The van der Waals surface area contributed by atoms with E-state index in [9.17, 15) is 4.79 Å². The van der Waals surface area contributed by atoms with E-state index in [1.807, 2.05) is 0 Å². The van der Waals surface area contributed by atoms with Crippen LogP contribution in [0.5, 0.6) is 0 Å². The summed E-state index contributed by atoms with van der Waals surface area (Å²) < 4.78 is 0.845. The Bertz CT molecular complexity index is 602. The summed E-state index contributed by atoms with van der Waals surface area (Å²) in [7, 11) is 0. The summed E-state index contributed by atoms with van der Waals surface area (Å²) in [6.07, 6.45) is 1.89. The average Bonchev–Trinajstić information content (AvgIpc) is 2.80. The second-order valence-corrected chi connectivity index (χ2v) is 6.49. The first kappa shape index (κ1) is 14.7. The van der Waals surface area contributed by atoms with Gasteiger partial charge in [0.25, 0.3) is 5.91 Å². The van der Waals surface area contributed by atoms with E-state index >= 15 is 0 Å². The quantitative estimate of drug-likeness (QED) is 0.780. The number of carbonyl (C=O) groups is 1. The number of hydrogen-bond donors (Lipinski definition) is 1. The van der Waals surface area contributed by atoms with E-state index in [-0.39, 0.29) is 5.91 Å². The second kappa shape index (κ2) is 6.62. The van der Waals surface area contributed by atoms with Crippen molar-refractivity contribution in [2.45, 2.75) is 19.8 Å². The van der Waals surface area contributed by atoms with Crippen molar-refractivity contribution >= 4 is 56.6 Å². The third-order valence-corrected chi connectivity index (χ3v) is 4.40. The summed E-state index contributed by atoms with van der Waals surface area (Å²) in [4.78, 5) is 12.1. The molecule has 4 nitrogen and oxygen atoms in total. The van der Waals surface area contributed by atoms with Crippen LogP contribution in [0, 0.1) is 3.57 Å². The van der Waals surface area contributed by atoms with Crippen molar-refractivity contribution in [3.63, 3.8) is 0 Å². The third-order valence-electron chi connectivity index (χ3n) is 2.32. The van der Waals surface area contributed by atoms with Crippen LogP contribution in [-0.4, -0.2) is 16.1 Å². The highest BCUT2D eigenvalue weighted by Crippen LogP contribution is 2.21. The van der Waals surface area contributed by atoms with Gasteiger partial charge < -0.3 is 0 Å². The molecule has 0 fully saturated rings. The van der Waals surface area contributed by atoms with Gasteiger partial charge in [-0.15, -0.1) is 10.2 Å². The lowest BCUT2D eigenvalue weighted by atomic mass is 10.2. The number of nitrogens with zero attached hydrogens (tertiary/aromatic N) is 2. The Balaban J connectivity index is 2.13. The van der Waals surface area contributed by atoms with Gasteiger partial charge in [0.2, 0.25) is 5.13 Å². The third kappa shape index (κ3) is 3.87. The molecule has 1 amide bonds. The molecule has 1 aromatic carbocycles. The number of benzene rings is 1. The minimum absolute atomic E-state index is 0.217. The van der Waals surface area contributed by atoms with Crippen LogP contribution in [0.15, 0.2) is 18.2 Å². The smallest absolute Gasteiger partial charge is 0.258 e. The van der Waals surface area contributed by atoms with Gasteiger partial charge in [0.05, 0.1) is 5.56 Å². The molecule has 2 aromatic rings. The Kier molecular flexibility index (Phi) is 5.12. The minimum Gasteiger partial charge on any atom is -0.296 e. The van der Waals surface area contributed by atoms with E-state index in [0.29, 0.717) is 15.7 Å². The zero-order valence-corrected chi connectivity index (χ0v) is 13.8. The fourth-order valence-corrected chi connectivity index (χ4v) is 3.04. The van der Waals surface area contributed by atoms with Gasteiger partial charge in [0.15, 0.2) is 0 Å². The number of aromatic nitrogens is 2. The Hall–Kier alpha value is -0.730. The van der Waals surface area contributed by atoms with Crippen molar-refractivity contribution in [3.8, 4) is 0 Å². The number of carbonyl (C=O) groups excluding carboxylic acids is 1.